The normalized spacial score (nSPS) is 25.3. The molecule has 1 aliphatic rings. The van der Waals surface area contributed by atoms with Crippen molar-refractivity contribution in [2.24, 2.45) is 5.92 Å². The predicted octanol–water partition coefficient (Wildman–Crippen LogP) is 2.21. The van der Waals surface area contributed by atoms with Gasteiger partial charge in [-0.05, 0) is 24.3 Å². The highest BCUT2D eigenvalue weighted by atomic mass is 32.1. The molecule has 4 heteroatoms. The van der Waals surface area contributed by atoms with Crippen LogP contribution < -0.4 is 5.32 Å². The van der Waals surface area contributed by atoms with Crippen LogP contribution in [0, 0.1) is 5.92 Å². The summed E-state index contributed by atoms with van der Waals surface area (Å²) in [7, 11) is 0. The molecule has 0 aromatic carbocycles. The van der Waals surface area contributed by atoms with Crippen LogP contribution in [-0.4, -0.2) is 36.0 Å². The summed E-state index contributed by atoms with van der Waals surface area (Å²) >= 11 is 1.52. The number of nitrogens with one attached hydrogen (secondary N) is 1. The van der Waals surface area contributed by atoms with Crippen LogP contribution in [0.15, 0.2) is 17.5 Å². The SMILES string of the molecule is CC(C)C1CN(C(=O)c2cccs2)C(C)CN1. The Hall–Kier alpha value is -0.870. The zero-order chi connectivity index (χ0) is 12.4. The van der Waals surface area contributed by atoms with Crippen molar-refractivity contribution in [2.75, 3.05) is 13.1 Å². The first kappa shape index (κ1) is 12.6. The molecule has 0 spiro atoms. The third kappa shape index (κ3) is 2.69. The molecule has 1 aliphatic heterocycles. The van der Waals surface area contributed by atoms with Crippen molar-refractivity contribution in [2.45, 2.75) is 32.9 Å². The van der Waals surface area contributed by atoms with Gasteiger partial charge in [-0.25, -0.2) is 0 Å². The Balaban J connectivity index is 2.10. The molecule has 1 aromatic rings. The molecule has 2 unspecified atom stereocenters. The summed E-state index contributed by atoms with van der Waals surface area (Å²) in [5.41, 5.74) is 0. The van der Waals surface area contributed by atoms with Gasteiger partial charge in [-0.15, -0.1) is 11.3 Å². The topological polar surface area (TPSA) is 32.3 Å². The summed E-state index contributed by atoms with van der Waals surface area (Å²) in [6, 6.07) is 4.53. The van der Waals surface area contributed by atoms with Gasteiger partial charge in [0.15, 0.2) is 0 Å². The number of hydrogen-bond donors (Lipinski definition) is 1. The highest BCUT2D eigenvalue weighted by molar-refractivity contribution is 7.12. The summed E-state index contributed by atoms with van der Waals surface area (Å²) in [6.45, 7) is 8.20. The van der Waals surface area contributed by atoms with Gasteiger partial charge in [0, 0.05) is 25.2 Å². The van der Waals surface area contributed by atoms with E-state index in [9.17, 15) is 4.79 Å². The maximum atomic E-state index is 12.3. The number of piperazine rings is 1. The largest absolute Gasteiger partial charge is 0.332 e. The van der Waals surface area contributed by atoms with E-state index >= 15 is 0 Å². The second kappa shape index (κ2) is 5.19. The van der Waals surface area contributed by atoms with Gasteiger partial charge >= 0.3 is 0 Å². The molecule has 1 amide bonds. The Morgan fingerprint density at radius 1 is 1.59 bits per heavy atom. The number of carbonyl (C=O) groups is 1. The Morgan fingerprint density at radius 2 is 2.35 bits per heavy atom. The molecule has 0 radical (unpaired) electrons. The van der Waals surface area contributed by atoms with Crippen LogP contribution in [-0.2, 0) is 0 Å². The lowest BCUT2D eigenvalue weighted by Gasteiger charge is -2.40. The smallest absolute Gasteiger partial charge is 0.264 e. The second-order valence-electron chi connectivity index (χ2n) is 5.04. The maximum absolute atomic E-state index is 12.3. The van der Waals surface area contributed by atoms with E-state index in [0.717, 1.165) is 18.0 Å². The zero-order valence-electron chi connectivity index (χ0n) is 10.6. The van der Waals surface area contributed by atoms with Gasteiger partial charge in [0.25, 0.3) is 5.91 Å². The Kier molecular flexibility index (Phi) is 3.84. The molecule has 1 N–H and O–H groups in total. The minimum Gasteiger partial charge on any atom is -0.332 e. The van der Waals surface area contributed by atoms with E-state index in [1.165, 1.54) is 11.3 Å². The van der Waals surface area contributed by atoms with E-state index in [1.54, 1.807) is 0 Å². The van der Waals surface area contributed by atoms with E-state index in [1.807, 2.05) is 22.4 Å². The second-order valence-corrected chi connectivity index (χ2v) is 5.99. The number of hydrogen-bond acceptors (Lipinski definition) is 3. The molecule has 94 valence electrons. The van der Waals surface area contributed by atoms with Crippen molar-refractivity contribution in [3.05, 3.63) is 22.4 Å². The fraction of sp³-hybridized carbons (Fsp3) is 0.615. The molecule has 1 fully saturated rings. The van der Waals surface area contributed by atoms with Crippen LogP contribution in [0.1, 0.15) is 30.4 Å². The van der Waals surface area contributed by atoms with Gasteiger partial charge in [0.1, 0.15) is 0 Å². The Bertz CT molecular complexity index is 375. The fourth-order valence-electron chi connectivity index (χ4n) is 2.16. The molecular formula is C13H20N2OS. The number of rotatable bonds is 2. The van der Waals surface area contributed by atoms with Gasteiger partial charge in [-0.2, -0.15) is 0 Å². The Labute approximate surface area is 107 Å². The minimum absolute atomic E-state index is 0.180. The highest BCUT2D eigenvalue weighted by Gasteiger charge is 2.30. The number of nitrogens with zero attached hydrogens (tertiary/aromatic N) is 1. The zero-order valence-corrected chi connectivity index (χ0v) is 11.5. The summed E-state index contributed by atoms with van der Waals surface area (Å²) in [5, 5.41) is 5.47. The number of amides is 1. The Morgan fingerprint density at radius 3 is 2.94 bits per heavy atom. The average molecular weight is 252 g/mol. The average Bonchev–Trinajstić information content (AvgIpc) is 2.81. The quantitative estimate of drug-likeness (QED) is 0.875. The lowest BCUT2D eigenvalue weighted by Crippen LogP contribution is -2.58. The van der Waals surface area contributed by atoms with Gasteiger partial charge in [0.2, 0.25) is 0 Å². The highest BCUT2D eigenvalue weighted by Crippen LogP contribution is 2.18. The van der Waals surface area contributed by atoms with Crippen LogP contribution in [0.2, 0.25) is 0 Å². The van der Waals surface area contributed by atoms with Crippen LogP contribution in [0.5, 0.6) is 0 Å². The minimum atomic E-state index is 0.180. The predicted molar refractivity (Wildman–Crippen MR) is 71.4 cm³/mol. The summed E-state index contributed by atoms with van der Waals surface area (Å²) < 4.78 is 0. The number of carbonyl (C=O) groups excluding carboxylic acids is 1. The maximum Gasteiger partial charge on any atom is 0.264 e. The van der Waals surface area contributed by atoms with Gasteiger partial charge in [0.05, 0.1) is 4.88 Å². The molecule has 0 aliphatic carbocycles. The third-order valence-electron chi connectivity index (χ3n) is 3.40. The number of thiophene rings is 1. The van der Waals surface area contributed by atoms with Crippen molar-refractivity contribution in [1.82, 2.24) is 10.2 Å². The molecule has 3 nitrogen and oxygen atoms in total. The standard InChI is InChI=1S/C13H20N2OS/c1-9(2)11-8-15(10(3)7-14-11)13(16)12-5-4-6-17-12/h4-6,9-11,14H,7-8H2,1-3H3. The summed E-state index contributed by atoms with van der Waals surface area (Å²) in [5.74, 6) is 0.737. The molecule has 17 heavy (non-hydrogen) atoms. The van der Waals surface area contributed by atoms with Crippen molar-refractivity contribution in [3.63, 3.8) is 0 Å². The monoisotopic (exact) mass is 252 g/mol. The van der Waals surface area contributed by atoms with E-state index in [-0.39, 0.29) is 11.9 Å². The van der Waals surface area contributed by atoms with Crippen molar-refractivity contribution >= 4 is 17.2 Å². The summed E-state index contributed by atoms with van der Waals surface area (Å²) in [6.07, 6.45) is 0. The van der Waals surface area contributed by atoms with Crippen molar-refractivity contribution in [1.29, 1.82) is 0 Å². The van der Waals surface area contributed by atoms with Crippen LogP contribution >= 0.6 is 11.3 Å². The lowest BCUT2D eigenvalue weighted by atomic mass is 9.99. The van der Waals surface area contributed by atoms with Gasteiger partial charge in [-0.1, -0.05) is 19.9 Å². The fourth-order valence-corrected chi connectivity index (χ4v) is 2.84. The van der Waals surface area contributed by atoms with Crippen LogP contribution in [0.25, 0.3) is 0 Å². The van der Waals surface area contributed by atoms with E-state index in [4.69, 9.17) is 0 Å². The molecule has 0 bridgehead atoms. The molecular weight excluding hydrogens is 232 g/mol. The third-order valence-corrected chi connectivity index (χ3v) is 4.26. The van der Waals surface area contributed by atoms with E-state index in [0.29, 0.717) is 12.0 Å². The van der Waals surface area contributed by atoms with E-state index < -0.39 is 0 Å². The van der Waals surface area contributed by atoms with Gasteiger partial charge in [-0.3, -0.25) is 4.79 Å². The first-order chi connectivity index (χ1) is 8.09. The summed E-state index contributed by atoms with van der Waals surface area (Å²) in [4.78, 5) is 15.2. The first-order valence-electron chi connectivity index (χ1n) is 6.17. The van der Waals surface area contributed by atoms with Crippen molar-refractivity contribution < 1.29 is 4.79 Å². The molecule has 2 atom stereocenters. The molecule has 0 saturated carbocycles. The van der Waals surface area contributed by atoms with Crippen molar-refractivity contribution in [3.8, 4) is 0 Å². The molecule has 2 rings (SSSR count). The van der Waals surface area contributed by atoms with Crippen LogP contribution in [0.3, 0.4) is 0 Å². The molecule has 1 aromatic heterocycles. The first-order valence-corrected chi connectivity index (χ1v) is 7.05. The molecule has 1 saturated heterocycles. The van der Waals surface area contributed by atoms with Crippen LogP contribution in [0.4, 0.5) is 0 Å². The van der Waals surface area contributed by atoms with E-state index in [2.05, 4.69) is 26.1 Å². The molecule has 2 heterocycles. The van der Waals surface area contributed by atoms with Gasteiger partial charge < -0.3 is 10.2 Å². The lowest BCUT2D eigenvalue weighted by molar-refractivity contribution is 0.0584.